The molecule has 144 valence electrons. The molecule has 0 atom stereocenters. The Kier molecular flexibility index (Phi) is 7.06. The average molecular weight is 416 g/mol. The zero-order chi connectivity index (χ0) is 20.1. The molecule has 0 heterocycles. The Bertz CT molecular complexity index is 848. The van der Waals surface area contributed by atoms with Gasteiger partial charge >= 0.3 is 5.97 Å². The first-order valence-corrected chi connectivity index (χ1v) is 8.73. The van der Waals surface area contributed by atoms with Crippen LogP contribution < -0.4 is 0 Å². The Morgan fingerprint density at radius 1 is 1.11 bits per heavy atom. The number of halogens is 2. The Morgan fingerprint density at radius 3 is 2.33 bits per heavy atom. The lowest BCUT2D eigenvalue weighted by molar-refractivity contribution is -0.385. The van der Waals surface area contributed by atoms with Crippen molar-refractivity contribution in [3.05, 3.63) is 49.0 Å². The quantitative estimate of drug-likeness (QED) is 0.276. The maximum Gasteiger partial charge on any atom is 0.305 e. The number of hydrogen-bond acceptors (Lipinski definition) is 7. The molecule has 8 nitrogen and oxygen atoms in total. The van der Waals surface area contributed by atoms with E-state index >= 15 is 0 Å². The van der Waals surface area contributed by atoms with Gasteiger partial charge in [0.15, 0.2) is 0 Å². The Balaban J connectivity index is 2.19. The Morgan fingerprint density at radius 2 is 1.74 bits per heavy atom. The number of nitro groups is 1. The third kappa shape index (κ3) is 4.52. The normalized spacial score (nSPS) is 13.6. The molecule has 2 rings (SSSR count). The maximum absolute atomic E-state index is 12.4. The molecular weight excluding hydrogens is 401 g/mol. The number of ether oxygens (including phenoxy) is 2. The summed E-state index contributed by atoms with van der Waals surface area (Å²) < 4.78 is 10.3. The maximum atomic E-state index is 12.4. The van der Waals surface area contributed by atoms with E-state index < -0.39 is 37.8 Å². The molecular formula is C17H15Cl2NO7. The van der Waals surface area contributed by atoms with Crippen molar-refractivity contribution in [3.8, 4) is 0 Å². The molecule has 0 fully saturated rings. The van der Waals surface area contributed by atoms with Crippen LogP contribution in [0.2, 0.25) is 0 Å². The SMILES string of the molecule is CCC(=O)OCCCOCc1ccc([N+](=O)[O-])c2c1C(=O)C(Cl)=C(Cl)C2=O. The summed E-state index contributed by atoms with van der Waals surface area (Å²) in [7, 11) is 0. The van der Waals surface area contributed by atoms with Crippen LogP contribution in [0.3, 0.4) is 0 Å². The molecule has 0 saturated carbocycles. The average Bonchev–Trinajstić information content (AvgIpc) is 2.66. The standard InChI is InChI=1S/C17H15Cl2NO7/c1-2-11(21)27-7-3-6-26-8-9-4-5-10(20(24)25)13-12(9)16(22)14(18)15(19)17(13)23/h4-5H,2-3,6-8H2,1H3. The van der Waals surface area contributed by atoms with Gasteiger partial charge in [0.1, 0.15) is 15.6 Å². The number of rotatable bonds is 8. The van der Waals surface area contributed by atoms with Gasteiger partial charge in [0, 0.05) is 24.5 Å². The summed E-state index contributed by atoms with van der Waals surface area (Å²) in [6.07, 6.45) is 0.711. The van der Waals surface area contributed by atoms with Gasteiger partial charge in [-0.05, 0) is 11.6 Å². The topological polar surface area (TPSA) is 113 Å². The number of carbonyl (C=O) groups is 3. The lowest BCUT2D eigenvalue weighted by Gasteiger charge is -2.18. The number of hydrogen-bond donors (Lipinski definition) is 0. The van der Waals surface area contributed by atoms with Crippen LogP contribution in [-0.2, 0) is 20.9 Å². The zero-order valence-electron chi connectivity index (χ0n) is 14.3. The van der Waals surface area contributed by atoms with Crippen molar-refractivity contribution in [2.75, 3.05) is 13.2 Å². The fourth-order valence-electron chi connectivity index (χ4n) is 2.45. The number of benzene rings is 1. The summed E-state index contributed by atoms with van der Waals surface area (Å²) >= 11 is 11.6. The van der Waals surface area contributed by atoms with Crippen LogP contribution in [0.15, 0.2) is 22.2 Å². The fraction of sp³-hybridized carbons (Fsp3) is 0.353. The predicted octanol–water partition coefficient (Wildman–Crippen LogP) is 3.52. The molecule has 10 heteroatoms. The number of nitro benzene ring substituents is 1. The predicted molar refractivity (Wildman–Crippen MR) is 96.0 cm³/mol. The third-order valence-corrected chi connectivity index (χ3v) is 4.57. The molecule has 0 aliphatic heterocycles. The molecule has 0 radical (unpaired) electrons. The Labute approximate surface area is 164 Å². The Hall–Kier alpha value is -2.29. The summed E-state index contributed by atoms with van der Waals surface area (Å²) in [5.74, 6) is -1.96. The number of carbonyl (C=O) groups excluding carboxylic acids is 3. The van der Waals surface area contributed by atoms with Crippen molar-refractivity contribution in [3.63, 3.8) is 0 Å². The molecule has 27 heavy (non-hydrogen) atoms. The van der Waals surface area contributed by atoms with Crippen LogP contribution in [0.25, 0.3) is 0 Å². The van der Waals surface area contributed by atoms with E-state index in [4.69, 9.17) is 32.7 Å². The van der Waals surface area contributed by atoms with Crippen molar-refractivity contribution < 1.29 is 28.8 Å². The molecule has 0 saturated heterocycles. The van der Waals surface area contributed by atoms with Crippen LogP contribution in [0, 0.1) is 10.1 Å². The minimum atomic E-state index is -0.878. The number of ketones is 2. The highest BCUT2D eigenvalue weighted by Crippen LogP contribution is 2.37. The number of nitrogens with zero attached hydrogens (tertiary/aromatic N) is 1. The van der Waals surface area contributed by atoms with Crippen LogP contribution in [-0.4, -0.2) is 35.7 Å². The van der Waals surface area contributed by atoms with E-state index in [1.54, 1.807) is 6.92 Å². The lowest BCUT2D eigenvalue weighted by atomic mass is 9.89. The van der Waals surface area contributed by atoms with Crippen LogP contribution in [0.1, 0.15) is 46.0 Å². The summed E-state index contributed by atoms with van der Waals surface area (Å²) in [5.41, 5.74) is -0.818. The van der Waals surface area contributed by atoms with Gasteiger partial charge in [-0.3, -0.25) is 24.5 Å². The van der Waals surface area contributed by atoms with Crippen LogP contribution in [0.4, 0.5) is 5.69 Å². The van der Waals surface area contributed by atoms with Gasteiger partial charge in [-0.25, -0.2) is 0 Å². The fourth-order valence-corrected chi connectivity index (χ4v) is 2.81. The van der Waals surface area contributed by atoms with E-state index in [0.29, 0.717) is 6.42 Å². The number of fused-ring (bicyclic) bond motifs is 1. The molecule has 0 bridgehead atoms. The van der Waals surface area contributed by atoms with Crippen molar-refractivity contribution in [2.45, 2.75) is 26.4 Å². The van der Waals surface area contributed by atoms with Crippen LogP contribution >= 0.6 is 23.2 Å². The first-order chi connectivity index (χ1) is 12.8. The number of allylic oxidation sites excluding steroid dienone is 2. The van der Waals surface area contributed by atoms with E-state index in [2.05, 4.69) is 0 Å². The molecule has 0 amide bonds. The van der Waals surface area contributed by atoms with E-state index in [9.17, 15) is 24.5 Å². The second kappa shape index (κ2) is 9.07. The lowest BCUT2D eigenvalue weighted by Crippen LogP contribution is -2.22. The van der Waals surface area contributed by atoms with Gasteiger partial charge < -0.3 is 9.47 Å². The van der Waals surface area contributed by atoms with E-state index in [0.717, 1.165) is 6.07 Å². The van der Waals surface area contributed by atoms with Crippen molar-refractivity contribution in [2.24, 2.45) is 0 Å². The van der Waals surface area contributed by atoms with E-state index in [1.807, 2.05) is 0 Å². The highest BCUT2D eigenvalue weighted by atomic mass is 35.5. The second-order valence-electron chi connectivity index (χ2n) is 5.52. The number of esters is 1. The highest BCUT2D eigenvalue weighted by Gasteiger charge is 2.38. The highest BCUT2D eigenvalue weighted by molar-refractivity contribution is 6.59. The minimum absolute atomic E-state index is 0.0805. The largest absolute Gasteiger partial charge is 0.466 e. The van der Waals surface area contributed by atoms with E-state index in [1.165, 1.54) is 6.07 Å². The first kappa shape index (κ1) is 21.0. The summed E-state index contributed by atoms with van der Waals surface area (Å²) in [5, 5.41) is 10.2. The molecule has 1 aromatic carbocycles. The number of Topliss-reactive ketones (excluding diaryl/α,β-unsaturated/α-hetero) is 2. The van der Waals surface area contributed by atoms with Gasteiger partial charge in [0.25, 0.3) is 5.69 Å². The van der Waals surface area contributed by atoms with Crippen molar-refractivity contribution >= 4 is 46.4 Å². The summed E-state index contributed by atoms with van der Waals surface area (Å²) in [6.45, 7) is 2.01. The van der Waals surface area contributed by atoms with Gasteiger partial charge in [0.05, 0.1) is 24.7 Å². The van der Waals surface area contributed by atoms with Gasteiger partial charge in [-0.15, -0.1) is 0 Å². The molecule has 1 aliphatic carbocycles. The van der Waals surface area contributed by atoms with Crippen LogP contribution in [0.5, 0.6) is 0 Å². The summed E-state index contributed by atoms with van der Waals surface area (Å²) in [6, 6.07) is 2.46. The summed E-state index contributed by atoms with van der Waals surface area (Å²) in [4.78, 5) is 46.3. The molecule has 0 N–H and O–H groups in total. The zero-order valence-corrected chi connectivity index (χ0v) is 15.8. The molecule has 1 aromatic rings. The molecule has 0 spiro atoms. The third-order valence-electron chi connectivity index (χ3n) is 3.75. The van der Waals surface area contributed by atoms with Crippen molar-refractivity contribution in [1.29, 1.82) is 0 Å². The molecule has 0 aromatic heterocycles. The monoisotopic (exact) mass is 415 g/mol. The molecule has 1 aliphatic rings. The van der Waals surface area contributed by atoms with Gasteiger partial charge in [-0.2, -0.15) is 0 Å². The van der Waals surface area contributed by atoms with E-state index in [-0.39, 0.29) is 43.3 Å². The smallest absolute Gasteiger partial charge is 0.305 e. The van der Waals surface area contributed by atoms with Gasteiger partial charge in [-0.1, -0.05) is 30.1 Å². The van der Waals surface area contributed by atoms with Gasteiger partial charge in [0.2, 0.25) is 11.6 Å². The minimum Gasteiger partial charge on any atom is -0.466 e. The molecule has 0 unspecified atom stereocenters. The first-order valence-electron chi connectivity index (χ1n) is 7.97. The van der Waals surface area contributed by atoms with Crippen molar-refractivity contribution in [1.82, 2.24) is 0 Å². The second-order valence-corrected chi connectivity index (χ2v) is 6.27.